The Morgan fingerprint density at radius 1 is 0.976 bits per heavy atom. The largest absolute Gasteiger partial charge is 0.392 e. The Labute approximate surface area is 243 Å². The summed E-state index contributed by atoms with van der Waals surface area (Å²) in [6.45, 7) is 0.405. The van der Waals surface area contributed by atoms with Crippen LogP contribution in [0.4, 0.5) is 0 Å². The average molecular weight is 584 g/mol. The Morgan fingerprint density at radius 2 is 1.66 bits per heavy atom. The number of hydroxylamine groups is 1. The number of ether oxygens (including phenoxy) is 2. The number of aliphatic hydroxyl groups is 1. The monoisotopic (exact) mass is 583 g/mol. The van der Waals surface area contributed by atoms with Crippen LogP contribution in [-0.2, 0) is 39.3 Å². The van der Waals surface area contributed by atoms with Gasteiger partial charge in [-0.1, -0.05) is 66.7 Å². The number of carbonyl (C=O) groups excluding carboxylic acids is 2. The van der Waals surface area contributed by atoms with Crippen molar-refractivity contribution in [3.8, 4) is 0 Å². The molecular weight excluding hydrogens is 546 g/mol. The molecule has 1 aromatic heterocycles. The van der Waals surface area contributed by atoms with E-state index in [0.717, 1.165) is 33.8 Å². The van der Waals surface area contributed by atoms with Crippen molar-refractivity contribution >= 4 is 23.6 Å². The van der Waals surface area contributed by atoms with Gasteiger partial charge in [0.1, 0.15) is 6.33 Å². The van der Waals surface area contributed by atoms with E-state index in [9.17, 15) is 14.7 Å². The number of aliphatic hydroxyl groups excluding tert-OH is 1. The third-order valence-corrected chi connectivity index (χ3v) is 8.02. The highest BCUT2D eigenvalue weighted by Gasteiger charge is 2.32. The Balaban J connectivity index is 1.33. The molecule has 4 N–H and O–H groups in total. The molecule has 4 rings (SSSR count). The highest BCUT2D eigenvalue weighted by molar-refractivity contribution is 7.99. The summed E-state index contributed by atoms with van der Waals surface area (Å²) in [5, 5.41) is 29.8. The lowest BCUT2D eigenvalue weighted by Crippen LogP contribution is -2.31. The minimum Gasteiger partial charge on any atom is -0.392 e. The van der Waals surface area contributed by atoms with Gasteiger partial charge in [0.05, 0.1) is 18.8 Å². The molecule has 3 unspecified atom stereocenters. The second-order valence-corrected chi connectivity index (χ2v) is 11.0. The van der Waals surface area contributed by atoms with E-state index >= 15 is 0 Å². The first-order chi connectivity index (χ1) is 19.9. The number of carbonyl (C=O) groups is 2. The van der Waals surface area contributed by atoms with Crippen molar-refractivity contribution in [1.82, 2.24) is 25.6 Å². The first kappa shape index (κ1) is 30.7. The minimum absolute atomic E-state index is 0.00713. The number of nitrogens with one attached hydrogen (secondary N) is 2. The zero-order chi connectivity index (χ0) is 29.0. The first-order valence-electron chi connectivity index (χ1n) is 13.7. The summed E-state index contributed by atoms with van der Waals surface area (Å²) in [6, 6.07) is 15.6. The van der Waals surface area contributed by atoms with E-state index in [1.165, 1.54) is 0 Å². The van der Waals surface area contributed by atoms with E-state index in [4.69, 9.17) is 14.7 Å². The zero-order valence-electron chi connectivity index (χ0n) is 23.1. The van der Waals surface area contributed by atoms with Gasteiger partial charge in [-0.2, -0.15) is 0 Å². The third-order valence-electron chi connectivity index (χ3n) is 6.86. The van der Waals surface area contributed by atoms with Gasteiger partial charge in [0, 0.05) is 44.2 Å². The van der Waals surface area contributed by atoms with Crippen molar-refractivity contribution in [2.75, 3.05) is 5.75 Å². The second-order valence-electron chi connectivity index (χ2n) is 10.00. The lowest BCUT2D eigenvalue weighted by atomic mass is 10.0. The molecule has 41 heavy (non-hydrogen) atoms. The lowest BCUT2D eigenvalue weighted by Gasteiger charge is -2.36. The topological polar surface area (TPSA) is 148 Å². The number of benzene rings is 2. The highest BCUT2D eigenvalue weighted by Crippen LogP contribution is 2.39. The normalized spacial score (nSPS) is 18.7. The van der Waals surface area contributed by atoms with E-state index < -0.39 is 12.2 Å². The maximum absolute atomic E-state index is 12.2. The maximum atomic E-state index is 12.2. The summed E-state index contributed by atoms with van der Waals surface area (Å²) >= 11 is 1.59. The van der Waals surface area contributed by atoms with Crippen LogP contribution >= 0.6 is 11.8 Å². The molecule has 2 heterocycles. The molecule has 1 fully saturated rings. The lowest BCUT2D eigenvalue weighted by molar-refractivity contribution is -0.245. The number of unbranched alkanes of at least 4 members (excludes halogenated alkanes) is 2. The Hall–Kier alpha value is -3.29. The fourth-order valence-corrected chi connectivity index (χ4v) is 5.38. The predicted molar refractivity (Wildman–Crippen MR) is 151 cm³/mol. The summed E-state index contributed by atoms with van der Waals surface area (Å²) in [4.78, 5) is 23.2. The van der Waals surface area contributed by atoms with Crippen molar-refractivity contribution in [2.45, 2.75) is 75.3 Å². The van der Waals surface area contributed by atoms with E-state index in [1.54, 1.807) is 23.6 Å². The molecule has 11 nitrogen and oxygen atoms in total. The molecule has 1 saturated heterocycles. The average Bonchev–Trinajstić information content (AvgIpc) is 3.43. The molecule has 0 saturated carbocycles. The fourth-order valence-electron chi connectivity index (χ4n) is 4.48. The van der Waals surface area contributed by atoms with Gasteiger partial charge < -0.3 is 24.5 Å². The molecule has 3 aromatic rings. The molecular formula is C29H37N5O6S. The number of amides is 2. The molecule has 0 radical (unpaired) electrons. The second kappa shape index (κ2) is 15.6. The minimum atomic E-state index is -0.562. The summed E-state index contributed by atoms with van der Waals surface area (Å²) in [5.41, 5.74) is 5.33. The molecule has 0 spiro atoms. The van der Waals surface area contributed by atoms with Gasteiger partial charge in [-0.15, -0.1) is 10.2 Å². The number of thioether (sulfide) groups is 1. The van der Waals surface area contributed by atoms with Crippen LogP contribution in [0.15, 0.2) is 60.0 Å². The molecule has 3 atom stereocenters. The van der Waals surface area contributed by atoms with Gasteiger partial charge in [-0.3, -0.25) is 14.8 Å². The quantitative estimate of drug-likeness (QED) is 0.0965. The summed E-state index contributed by atoms with van der Waals surface area (Å²) in [6.07, 6.45) is 4.20. The fraction of sp³-hybridized carbons (Fsp3) is 0.448. The summed E-state index contributed by atoms with van der Waals surface area (Å²) in [7, 11) is 1.91. The van der Waals surface area contributed by atoms with Gasteiger partial charge >= 0.3 is 0 Å². The van der Waals surface area contributed by atoms with Crippen LogP contribution < -0.4 is 10.8 Å². The molecule has 2 aromatic carbocycles. The molecule has 1 aliphatic rings. The number of rotatable bonds is 14. The van der Waals surface area contributed by atoms with Gasteiger partial charge in [0.15, 0.2) is 11.4 Å². The summed E-state index contributed by atoms with van der Waals surface area (Å²) < 4.78 is 14.7. The number of nitrogens with zero attached hydrogens (tertiary/aromatic N) is 3. The first-order valence-corrected chi connectivity index (χ1v) is 14.7. The number of hydrogen-bond donors (Lipinski definition) is 4. The van der Waals surface area contributed by atoms with Crippen LogP contribution in [0.5, 0.6) is 0 Å². The Morgan fingerprint density at radius 3 is 2.32 bits per heavy atom. The third kappa shape index (κ3) is 9.37. The van der Waals surface area contributed by atoms with Gasteiger partial charge in [-0.05, 0) is 29.5 Å². The van der Waals surface area contributed by atoms with Crippen LogP contribution in [0.25, 0.3) is 0 Å². The van der Waals surface area contributed by atoms with Gasteiger partial charge in [-0.25, -0.2) is 5.48 Å². The zero-order valence-corrected chi connectivity index (χ0v) is 23.9. The molecule has 0 aliphatic carbocycles. The van der Waals surface area contributed by atoms with Crippen LogP contribution in [0.2, 0.25) is 0 Å². The number of aromatic nitrogens is 3. The smallest absolute Gasteiger partial charge is 0.243 e. The van der Waals surface area contributed by atoms with Crippen LogP contribution in [0, 0.1) is 0 Å². The van der Waals surface area contributed by atoms with Gasteiger partial charge in [0.2, 0.25) is 11.8 Å². The van der Waals surface area contributed by atoms with Crippen LogP contribution in [0.1, 0.15) is 73.2 Å². The standard InChI is InChI=1S/C29H37N5O6S/c1-34-19-31-32-29(34)41-18-24-15-25(22-11-9-21(17-35)10-12-22)40-28(39-24)23-13-7-20(8-14-23)16-30-26(36)5-3-2-4-6-27(37)33-38/h7-14,19,24-25,28,35,38H,2-6,15-18H2,1H3,(H,30,36)(H,33,37). The van der Waals surface area contributed by atoms with E-state index in [2.05, 4.69) is 15.5 Å². The molecule has 2 amide bonds. The molecule has 0 bridgehead atoms. The van der Waals surface area contributed by atoms with Crippen molar-refractivity contribution in [3.05, 3.63) is 77.1 Å². The Kier molecular flexibility index (Phi) is 11.7. The summed E-state index contributed by atoms with van der Waals surface area (Å²) in [5.74, 6) is 0.236. The Bertz CT molecular complexity index is 1250. The van der Waals surface area contributed by atoms with E-state index in [1.807, 2.05) is 60.1 Å². The van der Waals surface area contributed by atoms with Crippen molar-refractivity contribution in [1.29, 1.82) is 0 Å². The van der Waals surface area contributed by atoms with E-state index in [-0.39, 0.29) is 31.1 Å². The number of hydrogen-bond acceptors (Lipinski definition) is 9. The highest BCUT2D eigenvalue weighted by atomic mass is 32.2. The SMILES string of the molecule is Cn1cnnc1SCC1CC(c2ccc(CO)cc2)OC(c2ccc(CNC(=O)CCCCCC(=O)NO)cc2)O1. The maximum Gasteiger partial charge on any atom is 0.243 e. The van der Waals surface area contributed by atoms with E-state index in [0.29, 0.717) is 38.0 Å². The molecule has 12 heteroatoms. The molecule has 220 valence electrons. The van der Waals surface area contributed by atoms with Crippen LogP contribution in [-0.4, -0.2) is 48.7 Å². The predicted octanol–water partition coefficient (Wildman–Crippen LogP) is 3.72. The van der Waals surface area contributed by atoms with Crippen molar-refractivity contribution < 1.29 is 29.4 Å². The molecule has 1 aliphatic heterocycles. The number of aryl methyl sites for hydroxylation is 1. The van der Waals surface area contributed by atoms with Crippen molar-refractivity contribution in [2.24, 2.45) is 7.05 Å². The van der Waals surface area contributed by atoms with Crippen LogP contribution in [0.3, 0.4) is 0 Å². The van der Waals surface area contributed by atoms with Gasteiger partial charge in [0.25, 0.3) is 0 Å². The van der Waals surface area contributed by atoms with Crippen molar-refractivity contribution in [3.63, 3.8) is 0 Å².